The third-order valence-corrected chi connectivity index (χ3v) is 5.49. The molecule has 158 valence electrons. The Kier molecular flexibility index (Phi) is 5.96. The highest BCUT2D eigenvalue weighted by atomic mass is 16.5. The maximum atomic E-state index is 12.8. The highest BCUT2D eigenvalue weighted by molar-refractivity contribution is 5.98. The van der Waals surface area contributed by atoms with E-state index in [-0.39, 0.29) is 36.8 Å². The summed E-state index contributed by atoms with van der Waals surface area (Å²) < 4.78 is 10.8. The van der Waals surface area contributed by atoms with E-state index >= 15 is 0 Å². The number of aliphatic hydroxyl groups excluding tert-OH is 1. The minimum atomic E-state index is -0.345. The lowest BCUT2D eigenvalue weighted by Gasteiger charge is -2.11. The van der Waals surface area contributed by atoms with E-state index in [0.29, 0.717) is 48.5 Å². The summed E-state index contributed by atoms with van der Waals surface area (Å²) in [4.78, 5) is 29.4. The number of hydrogen-bond acceptors (Lipinski definition) is 6. The molecule has 1 aromatic heterocycles. The fourth-order valence-corrected chi connectivity index (χ4v) is 3.86. The van der Waals surface area contributed by atoms with Gasteiger partial charge < -0.3 is 25.2 Å². The van der Waals surface area contributed by atoms with Crippen molar-refractivity contribution in [2.24, 2.45) is 11.8 Å². The molecule has 2 aliphatic rings. The monoisotopic (exact) mass is 411 g/mol. The van der Waals surface area contributed by atoms with Gasteiger partial charge in [0.1, 0.15) is 18.1 Å². The number of hydrogen-bond donors (Lipinski definition) is 3. The molecule has 2 fully saturated rings. The summed E-state index contributed by atoms with van der Waals surface area (Å²) in [6.45, 7) is 1.53. The van der Waals surface area contributed by atoms with Crippen molar-refractivity contribution in [1.29, 1.82) is 0 Å². The summed E-state index contributed by atoms with van der Waals surface area (Å²) in [6, 6.07) is 10.8. The van der Waals surface area contributed by atoms with Crippen LogP contribution < -0.4 is 15.4 Å². The van der Waals surface area contributed by atoms with Crippen LogP contribution in [0.1, 0.15) is 32.1 Å². The first-order valence-electron chi connectivity index (χ1n) is 10.0. The Labute approximate surface area is 174 Å². The summed E-state index contributed by atoms with van der Waals surface area (Å²) in [5.41, 5.74) is 2.15. The number of ether oxygens (including phenoxy) is 2. The van der Waals surface area contributed by atoms with E-state index < -0.39 is 0 Å². The van der Waals surface area contributed by atoms with Crippen LogP contribution in [0, 0.1) is 11.8 Å². The third-order valence-electron chi connectivity index (χ3n) is 5.49. The molecule has 1 aliphatic heterocycles. The van der Waals surface area contributed by atoms with Gasteiger partial charge in [-0.2, -0.15) is 0 Å². The van der Waals surface area contributed by atoms with Crippen molar-refractivity contribution < 1.29 is 24.2 Å². The molecule has 30 heavy (non-hydrogen) atoms. The van der Waals surface area contributed by atoms with Gasteiger partial charge in [0.15, 0.2) is 0 Å². The lowest BCUT2D eigenvalue weighted by molar-refractivity contribution is 0.0928. The molecule has 0 spiro atoms. The normalized spacial score (nSPS) is 21.6. The molecule has 2 heterocycles. The number of aromatic nitrogens is 1. The van der Waals surface area contributed by atoms with Crippen molar-refractivity contribution >= 4 is 11.8 Å². The van der Waals surface area contributed by atoms with Crippen LogP contribution in [0.5, 0.6) is 5.75 Å². The van der Waals surface area contributed by atoms with E-state index in [0.717, 1.165) is 5.56 Å². The fraction of sp³-hybridized carbons (Fsp3) is 0.409. The van der Waals surface area contributed by atoms with Gasteiger partial charge in [-0.05, 0) is 29.8 Å². The molecule has 2 atom stereocenters. The van der Waals surface area contributed by atoms with Gasteiger partial charge in [-0.1, -0.05) is 12.1 Å². The largest absolute Gasteiger partial charge is 0.491 e. The van der Waals surface area contributed by atoms with E-state index in [1.807, 2.05) is 24.3 Å². The van der Waals surface area contributed by atoms with E-state index in [1.54, 1.807) is 6.07 Å². The molecular formula is C22H25N3O5. The zero-order chi connectivity index (χ0) is 21.1. The van der Waals surface area contributed by atoms with Crippen molar-refractivity contribution in [3.63, 3.8) is 0 Å². The number of carbonyl (C=O) groups excluding carboxylic acids is 2. The van der Waals surface area contributed by atoms with Gasteiger partial charge in [-0.3, -0.25) is 9.59 Å². The van der Waals surface area contributed by atoms with Crippen LogP contribution in [0.2, 0.25) is 0 Å². The molecule has 1 aliphatic carbocycles. The molecule has 1 aromatic carbocycles. The Balaban J connectivity index is 1.54. The average molecular weight is 411 g/mol. The van der Waals surface area contributed by atoms with Crippen LogP contribution in [0.3, 0.4) is 0 Å². The number of pyridine rings is 1. The summed E-state index contributed by atoms with van der Waals surface area (Å²) in [7, 11) is 1.53. The van der Waals surface area contributed by atoms with Crippen molar-refractivity contribution in [3.05, 3.63) is 58.9 Å². The molecule has 0 radical (unpaired) electrons. The number of aliphatic hydroxyl groups is 1. The lowest BCUT2D eigenvalue weighted by Crippen LogP contribution is -2.30. The van der Waals surface area contributed by atoms with Gasteiger partial charge in [0.05, 0.1) is 19.8 Å². The van der Waals surface area contributed by atoms with Gasteiger partial charge in [-0.15, -0.1) is 0 Å². The predicted octanol–water partition coefficient (Wildman–Crippen LogP) is 0.778. The SMILES string of the molecule is CNC(=O)c1cc(C(=O)NC2C3COCC32)cc(Cc2cccc(OCCO)c2)n1. The number of nitrogens with one attached hydrogen (secondary N) is 2. The van der Waals surface area contributed by atoms with Gasteiger partial charge in [0.2, 0.25) is 0 Å². The molecule has 4 rings (SSSR count). The van der Waals surface area contributed by atoms with Gasteiger partial charge in [-0.25, -0.2) is 4.98 Å². The summed E-state index contributed by atoms with van der Waals surface area (Å²) in [5, 5.41) is 14.5. The second-order valence-electron chi connectivity index (χ2n) is 7.57. The molecule has 3 N–H and O–H groups in total. The minimum absolute atomic E-state index is 0.0622. The standard InChI is InChI=1S/C22H25N3O5/c1-23-22(28)19-10-14(21(27)25-20-17-11-29-12-18(17)20)9-15(24-19)7-13-3-2-4-16(8-13)30-6-5-26/h2-4,8-10,17-18,20,26H,5-7,11-12H2,1H3,(H,23,28)(H,25,27). The molecule has 0 bridgehead atoms. The third kappa shape index (κ3) is 4.44. The van der Waals surface area contributed by atoms with Gasteiger partial charge in [0.25, 0.3) is 11.8 Å². The Hall–Kier alpha value is -2.97. The Bertz CT molecular complexity index is 938. The number of benzene rings is 1. The fourth-order valence-electron chi connectivity index (χ4n) is 3.86. The Morgan fingerprint density at radius 1 is 1.20 bits per heavy atom. The van der Waals surface area contributed by atoms with E-state index in [9.17, 15) is 9.59 Å². The van der Waals surface area contributed by atoms with Crippen LogP contribution in [-0.2, 0) is 11.2 Å². The molecule has 8 nitrogen and oxygen atoms in total. The zero-order valence-electron chi connectivity index (χ0n) is 16.8. The Morgan fingerprint density at radius 3 is 2.73 bits per heavy atom. The molecular weight excluding hydrogens is 386 g/mol. The zero-order valence-corrected chi connectivity index (χ0v) is 16.8. The van der Waals surface area contributed by atoms with Crippen LogP contribution in [-0.4, -0.2) is 61.4 Å². The number of fused-ring (bicyclic) bond motifs is 1. The number of amides is 2. The second kappa shape index (κ2) is 8.81. The van der Waals surface area contributed by atoms with Gasteiger partial charge in [0, 0.05) is 42.6 Å². The van der Waals surface area contributed by atoms with Crippen LogP contribution in [0.4, 0.5) is 0 Å². The van der Waals surface area contributed by atoms with Crippen molar-refractivity contribution in [2.75, 3.05) is 33.5 Å². The first-order chi connectivity index (χ1) is 14.6. The number of rotatable bonds is 8. The van der Waals surface area contributed by atoms with Crippen LogP contribution in [0.15, 0.2) is 36.4 Å². The lowest BCUT2D eigenvalue weighted by atomic mass is 10.1. The van der Waals surface area contributed by atoms with E-state index in [4.69, 9.17) is 14.6 Å². The first kappa shape index (κ1) is 20.3. The summed E-state index contributed by atoms with van der Waals surface area (Å²) >= 11 is 0. The topological polar surface area (TPSA) is 110 Å². The van der Waals surface area contributed by atoms with Crippen LogP contribution >= 0.6 is 0 Å². The molecule has 1 saturated carbocycles. The Morgan fingerprint density at radius 2 is 2.00 bits per heavy atom. The number of nitrogens with zero attached hydrogens (tertiary/aromatic N) is 1. The molecule has 1 saturated heterocycles. The van der Waals surface area contributed by atoms with Crippen molar-refractivity contribution in [2.45, 2.75) is 12.5 Å². The maximum Gasteiger partial charge on any atom is 0.269 e. The highest BCUT2D eigenvalue weighted by Crippen LogP contribution is 2.44. The molecule has 2 aromatic rings. The molecule has 2 unspecified atom stereocenters. The average Bonchev–Trinajstić information content (AvgIpc) is 3.17. The quantitative estimate of drug-likeness (QED) is 0.592. The van der Waals surface area contributed by atoms with Crippen molar-refractivity contribution in [1.82, 2.24) is 15.6 Å². The smallest absolute Gasteiger partial charge is 0.269 e. The van der Waals surface area contributed by atoms with E-state index in [2.05, 4.69) is 15.6 Å². The van der Waals surface area contributed by atoms with Gasteiger partial charge >= 0.3 is 0 Å². The highest BCUT2D eigenvalue weighted by Gasteiger charge is 2.54. The minimum Gasteiger partial charge on any atom is -0.491 e. The summed E-state index contributed by atoms with van der Waals surface area (Å²) in [5.74, 6) is 0.890. The van der Waals surface area contributed by atoms with Crippen LogP contribution in [0.25, 0.3) is 0 Å². The molecule has 2 amide bonds. The number of carbonyl (C=O) groups is 2. The molecule has 8 heteroatoms. The van der Waals surface area contributed by atoms with Crippen molar-refractivity contribution in [3.8, 4) is 5.75 Å². The second-order valence-corrected chi connectivity index (χ2v) is 7.57. The predicted molar refractivity (Wildman–Crippen MR) is 109 cm³/mol. The van der Waals surface area contributed by atoms with E-state index in [1.165, 1.54) is 13.1 Å². The first-order valence-corrected chi connectivity index (χ1v) is 10.0. The maximum absolute atomic E-state index is 12.8. The summed E-state index contributed by atoms with van der Waals surface area (Å²) in [6.07, 6.45) is 0.434.